The summed E-state index contributed by atoms with van der Waals surface area (Å²) in [6.07, 6.45) is 6.19. The van der Waals surface area contributed by atoms with Crippen LogP contribution in [-0.4, -0.2) is 22.0 Å². The zero-order chi connectivity index (χ0) is 13.9. The molecule has 2 aromatic heterocycles. The molecule has 0 amide bonds. The van der Waals surface area contributed by atoms with Crippen molar-refractivity contribution >= 4 is 16.6 Å². The molecule has 0 saturated carbocycles. The van der Waals surface area contributed by atoms with E-state index in [-0.39, 0.29) is 0 Å². The van der Waals surface area contributed by atoms with Gasteiger partial charge in [0, 0.05) is 36.0 Å². The van der Waals surface area contributed by atoms with Crippen molar-refractivity contribution in [1.29, 1.82) is 0 Å². The number of hydrogen-bond donors (Lipinski definition) is 1. The normalized spacial score (nSPS) is 10.7. The van der Waals surface area contributed by atoms with Gasteiger partial charge in [-0.05, 0) is 17.9 Å². The zero-order valence-electron chi connectivity index (χ0n) is 11.6. The first-order valence-corrected chi connectivity index (χ1v) is 6.70. The van der Waals surface area contributed by atoms with Crippen LogP contribution in [0.15, 0.2) is 43.0 Å². The molecule has 0 saturated heterocycles. The molecule has 1 N–H and O–H groups in total. The van der Waals surface area contributed by atoms with Crippen molar-refractivity contribution in [2.24, 2.45) is 0 Å². The summed E-state index contributed by atoms with van der Waals surface area (Å²) in [5.41, 5.74) is 3.25. The Morgan fingerprint density at radius 1 is 1.15 bits per heavy atom. The Morgan fingerprint density at radius 3 is 2.85 bits per heavy atom. The number of aromatic nitrogens is 3. The minimum atomic E-state index is 0.883. The van der Waals surface area contributed by atoms with Gasteiger partial charge in [0.25, 0.3) is 0 Å². The second kappa shape index (κ2) is 5.25. The minimum absolute atomic E-state index is 0.883. The fourth-order valence-corrected chi connectivity index (χ4v) is 2.52. The highest BCUT2D eigenvalue weighted by atomic mass is 15.0. The highest BCUT2D eigenvalue weighted by Crippen LogP contribution is 2.31. The first-order valence-electron chi connectivity index (χ1n) is 6.70. The third-order valence-electron chi connectivity index (χ3n) is 3.47. The topological polar surface area (TPSA) is 50.7 Å². The number of nitrogens with zero attached hydrogens (tertiary/aromatic N) is 3. The van der Waals surface area contributed by atoms with Crippen molar-refractivity contribution < 1.29 is 0 Å². The van der Waals surface area contributed by atoms with Gasteiger partial charge in [-0.3, -0.25) is 4.98 Å². The van der Waals surface area contributed by atoms with Crippen LogP contribution in [0.3, 0.4) is 0 Å². The molecule has 0 fully saturated rings. The average molecular weight is 264 g/mol. The molecule has 4 nitrogen and oxygen atoms in total. The van der Waals surface area contributed by atoms with Crippen molar-refractivity contribution in [2.45, 2.75) is 13.3 Å². The van der Waals surface area contributed by atoms with E-state index in [1.54, 1.807) is 6.33 Å². The Balaban J connectivity index is 2.31. The molecule has 3 rings (SSSR count). The van der Waals surface area contributed by atoms with E-state index in [2.05, 4.69) is 39.3 Å². The summed E-state index contributed by atoms with van der Waals surface area (Å²) >= 11 is 0. The minimum Gasteiger partial charge on any atom is -0.373 e. The quantitative estimate of drug-likeness (QED) is 0.788. The molecule has 0 bridgehead atoms. The van der Waals surface area contributed by atoms with Crippen LogP contribution in [0.1, 0.15) is 12.5 Å². The summed E-state index contributed by atoms with van der Waals surface area (Å²) in [5, 5.41) is 5.43. The highest BCUT2D eigenvalue weighted by Gasteiger charge is 2.12. The lowest BCUT2D eigenvalue weighted by Gasteiger charge is -2.12. The monoisotopic (exact) mass is 264 g/mol. The van der Waals surface area contributed by atoms with Gasteiger partial charge in [0.15, 0.2) is 0 Å². The molecule has 100 valence electrons. The molecular formula is C16H16N4. The maximum atomic E-state index is 4.51. The average Bonchev–Trinajstić information content (AvgIpc) is 2.53. The van der Waals surface area contributed by atoms with Crippen LogP contribution in [0.25, 0.3) is 22.0 Å². The summed E-state index contributed by atoms with van der Waals surface area (Å²) in [4.78, 5) is 13.0. The highest BCUT2D eigenvalue weighted by molar-refractivity contribution is 5.96. The van der Waals surface area contributed by atoms with E-state index in [0.29, 0.717) is 0 Å². The molecule has 0 aliphatic carbocycles. The van der Waals surface area contributed by atoms with Gasteiger partial charge in [-0.15, -0.1) is 0 Å². The first-order chi connectivity index (χ1) is 9.85. The van der Waals surface area contributed by atoms with E-state index < -0.39 is 0 Å². The second-order valence-electron chi connectivity index (χ2n) is 4.56. The summed E-state index contributed by atoms with van der Waals surface area (Å²) in [7, 11) is 1.89. The smallest absolute Gasteiger partial charge is 0.132 e. The van der Waals surface area contributed by atoms with Crippen LogP contribution in [0, 0.1) is 0 Å². The molecule has 1 aromatic carbocycles. The van der Waals surface area contributed by atoms with Crippen molar-refractivity contribution in [3.8, 4) is 11.3 Å². The van der Waals surface area contributed by atoms with Crippen molar-refractivity contribution in [1.82, 2.24) is 15.0 Å². The van der Waals surface area contributed by atoms with Gasteiger partial charge < -0.3 is 5.32 Å². The number of benzene rings is 1. The van der Waals surface area contributed by atoms with E-state index in [1.807, 2.05) is 31.6 Å². The van der Waals surface area contributed by atoms with E-state index in [4.69, 9.17) is 0 Å². The predicted molar refractivity (Wildman–Crippen MR) is 81.7 cm³/mol. The lowest BCUT2D eigenvalue weighted by Crippen LogP contribution is -2.02. The number of rotatable bonds is 3. The Morgan fingerprint density at radius 2 is 2.05 bits per heavy atom. The van der Waals surface area contributed by atoms with Crippen LogP contribution >= 0.6 is 0 Å². The fraction of sp³-hybridized carbons (Fsp3) is 0.188. The number of anilines is 1. The molecular weight excluding hydrogens is 248 g/mol. The Hall–Kier alpha value is -2.49. The SMILES string of the molecule is CCc1c(NC)ncnc1-c1cccc2cnccc12. The van der Waals surface area contributed by atoms with Gasteiger partial charge >= 0.3 is 0 Å². The Bertz CT molecular complexity index is 747. The summed E-state index contributed by atoms with van der Waals surface area (Å²) in [6, 6.07) is 8.24. The molecule has 4 heteroatoms. The van der Waals surface area contributed by atoms with Gasteiger partial charge in [0.1, 0.15) is 12.1 Å². The van der Waals surface area contributed by atoms with Gasteiger partial charge in [-0.25, -0.2) is 9.97 Å². The van der Waals surface area contributed by atoms with E-state index >= 15 is 0 Å². The van der Waals surface area contributed by atoms with E-state index in [9.17, 15) is 0 Å². The number of nitrogens with one attached hydrogen (secondary N) is 1. The first kappa shape index (κ1) is 12.5. The largest absolute Gasteiger partial charge is 0.373 e. The molecule has 3 aromatic rings. The van der Waals surface area contributed by atoms with Gasteiger partial charge in [0.2, 0.25) is 0 Å². The van der Waals surface area contributed by atoms with Crippen LogP contribution < -0.4 is 5.32 Å². The lowest BCUT2D eigenvalue weighted by atomic mass is 9.99. The van der Waals surface area contributed by atoms with Crippen LogP contribution in [0.5, 0.6) is 0 Å². The van der Waals surface area contributed by atoms with Gasteiger partial charge in [0.05, 0.1) is 5.69 Å². The summed E-state index contributed by atoms with van der Waals surface area (Å²) in [6.45, 7) is 2.12. The van der Waals surface area contributed by atoms with E-state index in [0.717, 1.165) is 39.8 Å². The lowest BCUT2D eigenvalue weighted by molar-refractivity contribution is 1.05. The second-order valence-corrected chi connectivity index (χ2v) is 4.56. The van der Waals surface area contributed by atoms with Crippen molar-refractivity contribution in [2.75, 3.05) is 12.4 Å². The molecule has 0 unspecified atom stereocenters. The molecule has 0 aliphatic heterocycles. The Kier molecular flexibility index (Phi) is 3.29. The fourth-order valence-electron chi connectivity index (χ4n) is 2.52. The maximum Gasteiger partial charge on any atom is 0.132 e. The van der Waals surface area contributed by atoms with Crippen LogP contribution in [-0.2, 0) is 6.42 Å². The van der Waals surface area contributed by atoms with Crippen LogP contribution in [0.2, 0.25) is 0 Å². The molecule has 0 spiro atoms. The van der Waals surface area contributed by atoms with Crippen molar-refractivity contribution in [3.05, 3.63) is 48.5 Å². The molecule has 0 aliphatic rings. The number of pyridine rings is 1. The van der Waals surface area contributed by atoms with E-state index in [1.165, 1.54) is 0 Å². The third-order valence-corrected chi connectivity index (χ3v) is 3.47. The number of hydrogen-bond acceptors (Lipinski definition) is 4. The summed E-state index contributed by atoms with van der Waals surface area (Å²) in [5.74, 6) is 0.892. The molecule has 0 atom stereocenters. The third kappa shape index (κ3) is 1.99. The van der Waals surface area contributed by atoms with Gasteiger partial charge in [-0.1, -0.05) is 25.1 Å². The van der Waals surface area contributed by atoms with Gasteiger partial charge in [-0.2, -0.15) is 0 Å². The molecule has 0 radical (unpaired) electrons. The molecule has 2 heterocycles. The van der Waals surface area contributed by atoms with Crippen LogP contribution in [0.4, 0.5) is 5.82 Å². The van der Waals surface area contributed by atoms with Crippen molar-refractivity contribution in [3.63, 3.8) is 0 Å². The zero-order valence-corrected chi connectivity index (χ0v) is 11.6. The molecule has 20 heavy (non-hydrogen) atoms. The predicted octanol–water partition coefficient (Wildman–Crippen LogP) is 3.30. The Labute approximate surface area is 117 Å². The number of fused-ring (bicyclic) bond motifs is 1. The summed E-state index contributed by atoms with van der Waals surface area (Å²) < 4.78 is 0. The maximum absolute atomic E-state index is 4.51. The standard InChI is InChI=1S/C16H16N4/c1-3-12-15(19-10-20-16(12)17-2)14-6-4-5-11-9-18-8-7-13(11)14/h4-10H,3H2,1-2H3,(H,17,19,20).